The zero-order valence-corrected chi connectivity index (χ0v) is 11.7. The number of nitrogens with one attached hydrogen (secondary N) is 1. The van der Waals surface area contributed by atoms with Crippen LogP contribution in [0.5, 0.6) is 0 Å². The quantitative estimate of drug-likeness (QED) is 0.851. The summed E-state index contributed by atoms with van der Waals surface area (Å²) < 4.78 is 13.1. The fourth-order valence-electron chi connectivity index (χ4n) is 2.07. The summed E-state index contributed by atoms with van der Waals surface area (Å²) in [6.45, 7) is 0.508. The minimum atomic E-state index is -0.237. The van der Waals surface area contributed by atoms with Crippen LogP contribution in [0.2, 0.25) is 5.15 Å². The topological polar surface area (TPSA) is 37.8 Å². The van der Waals surface area contributed by atoms with Crippen LogP contribution in [0.4, 0.5) is 10.2 Å². The van der Waals surface area contributed by atoms with E-state index in [2.05, 4.69) is 15.3 Å². The predicted molar refractivity (Wildman–Crippen MR) is 77.2 cm³/mol. The highest BCUT2D eigenvalue weighted by molar-refractivity contribution is 6.29. The standard InChI is InChI=1S/C15H15ClFN3/c16-13-8-14(20-15(19-13)7-10-4-5-10)18-9-11-2-1-3-12(17)6-11/h1-3,6,8,10H,4-5,7,9H2,(H,18,19,20). The molecule has 2 aromatic rings. The molecule has 1 aliphatic rings. The Hall–Kier alpha value is -1.68. The third kappa shape index (κ3) is 3.67. The lowest BCUT2D eigenvalue weighted by atomic mass is 10.2. The average Bonchev–Trinajstić information content (AvgIpc) is 3.20. The number of anilines is 1. The Morgan fingerprint density at radius 3 is 2.85 bits per heavy atom. The molecule has 1 N–H and O–H groups in total. The van der Waals surface area contributed by atoms with E-state index in [4.69, 9.17) is 11.6 Å². The van der Waals surface area contributed by atoms with Crippen LogP contribution in [0.15, 0.2) is 30.3 Å². The van der Waals surface area contributed by atoms with Crippen LogP contribution in [0.1, 0.15) is 24.2 Å². The van der Waals surface area contributed by atoms with Crippen molar-refractivity contribution >= 4 is 17.4 Å². The molecule has 1 aromatic heterocycles. The summed E-state index contributed by atoms with van der Waals surface area (Å²) >= 11 is 6.01. The van der Waals surface area contributed by atoms with Crippen molar-refractivity contribution in [3.63, 3.8) is 0 Å². The lowest BCUT2D eigenvalue weighted by Crippen LogP contribution is -2.05. The molecule has 1 saturated carbocycles. The Morgan fingerprint density at radius 2 is 2.10 bits per heavy atom. The highest BCUT2D eigenvalue weighted by Gasteiger charge is 2.23. The molecule has 1 fully saturated rings. The molecule has 0 radical (unpaired) electrons. The molecule has 5 heteroatoms. The van der Waals surface area contributed by atoms with E-state index < -0.39 is 0 Å². The molecule has 1 aromatic carbocycles. The van der Waals surface area contributed by atoms with Crippen LogP contribution in [-0.4, -0.2) is 9.97 Å². The van der Waals surface area contributed by atoms with Gasteiger partial charge >= 0.3 is 0 Å². The third-order valence-corrected chi connectivity index (χ3v) is 3.47. The molecular weight excluding hydrogens is 277 g/mol. The fraction of sp³-hybridized carbons (Fsp3) is 0.333. The van der Waals surface area contributed by atoms with Gasteiger partial charge in [-0.15, -0.1) is 0 Å². The second-order valence-electron chi connectivity index (χ2n) is 5.12. The zero-order valence-electron chi connectivity index (χ0n) is 10.9. The normalized spacial score (nSPS) is 14.3. The Morgan fingerprint density at radius 1 is 1.25 bits per heavy atom. The molecule has 0 saturated heterocycles. The molecule has 0 bridgehead atoms. The molecule has 104 valence electrons. The maximum absolute atomic E-state index is 13.1. The van der Waals surface area contributed by atoms with Gasteiger partial charge in [-0.25, -0.2) is 14.4 Å². The Labute approximate surface area is 122 Å². The first-order chi connectivity index (χ1) is 9.69. The summed E-state index contributed by atoms with van der Waals surface area (Å²) in [5, 5.41) is 3.60. The highest BCUT2D eigenvalue weighted by Crippen LogP contribution is 2.32. The summed E-state index contributed by atoms with van der Waals surface area (Å²) in [6.07, 6.45) is 3.39. The van der Waals surface area contributed by atoms with Gasteiger partial charge < -0.3 is 5.32 Å². The summed E-state index contributed by atoms with van der Waals surface area (Å²) in [7, 11) is 0. The molecule has 0 amide bonds. The molecule has 3 nitrogen and oxygen atoms in total. The summed E-state index contributed by atoms with van der Waals surface area (Å²) in [4.78, 5) is 8.69. The minimum absolute atomic E-state index is 0.237. The highest BCUT2D eigenvalue weighted by atomic mass is 35.5. The SMILES string of the molecule is Fc1cccc(CNc2cc(Cl)nc(CC3CC3)n2)c1. The molecular formula is C15H15ClFN3. The second kappa shape index (κ2) is 5.75. The van der Waals surface area contributed by atoms with E-state index >= 15 is 0 Å². The fourth-order valence-corrected chi connectivity index (χ4v) is 2.27. The van der Waals surface area contributed by atoms with Crippen molar-refractivity contribution in [1.29, 1.82) is 0 Å². The number of nitrogens with zero attached hydrogens (tertiary/aromatic N) is 2. The van der Waals surface area contributed by atoms with Crippen LogP contribution in [0, 0.1) is 11.7 Å². The number of rotatable bonds is 5. The molecule has 0 unspecified atom stereocenters. The maximum Gasteiger partial charge on any atom is 0.134 e. The largest absolute Gasteiger partial charge is 0.366 e. The first kappa shape index (κ1) is 13.3. The predicted octanol–water partition coefficient (Wildman–Crippen LogP) is 3.83. The van der Waals surface area contributed by atoms with Crippen molar-refractivity contribution in [2.75, 3.05) is 5.32 Å². The van der Waals surface area contributed by atoms with E-state index in [1.807, 2.05) is 6.07 Å². The van der Waals surface area contributed by atoms with Crippen molar-refractivity contribution in [3.05, 3.63) is 52.7 Å². The number of hydrogen-bond donors (Lipinski definition) is 1. The summed E-state index contributed by atoms with van der Waals surface area (Å²) in [5.74, 6) is 1.94. The van der Waals surface area contributed by atoms with E-state index in [0.29, 0.717) is 23.4 Å². The summed E-state index contributed by atoms with van der Waals surface area (Å²) in [6, 6.07) is 8.18. The van der Waals surface area contributed by atoms with Crippen molar-refractivity contribution in [3.8, 4) is 0 Å². The van der Waals surface area contributed by atoms with Gasteiger partial charge in [0, 0.05) is 19.0 Å². The van der Waals surface area contributed by atoms with E-state index in [1.165, 1.54) is 25.0 Å². The van der Waals surface area contributed by atoms with Crippen LogP contribution >= 0.6 is 11.6 Å². The molecule has 1 heterocycles. The second-order valence-corrected chi connectivity index (χ2v) is 5.51. The summed E-state index contributed by atoms with van der Waals surface area (Å²) in [5.41, 5.74) is 0.864. The zero-order chi connectivity index (χ0) is 13.9. The van der Waals surface area contributed by atoms with Gasteiger partial charge in [-0.05, 0) is 36.5 Å². The minimum Gasteiger partial charge on any atom is -0.366 e. The van der Waals surface area contributed by atoms with Gasteiger partial charge in [-0.2, -0.15) is 0 Å². The van der Waals surface area contributed by atoms with Gasteiger partial charge in [0.05, 0.1) is 0 Å². The average molecular weight is 292 g/mol. The molecule has 1 aliphatic carbocycles. The van der Waals surface area contributed by atoms with Crippen molar-refractivity contribution in [2.24, 2.45) is 5.92 Å². The lowest BCUT2D eigenvalue weighted by Gasteiger charge is -2.08. The molecule has 3 rings (SSSR count). The first-order valence-corrected chi connectivity index (χ1v) is 7.08. The third-order valence-electron chi connectivity index (χ3n) is 3.27. The molecule has 0 aliphatic heterocycles. The Bertz CT molecular complexity index is 614. The van der Waals surface area contributed by atoms with E-state index in [-0.39, 0.29) is 5.82 Å². The number of aromatic nitrogens is 2. The van der Waals surface area contributed by atoms with Gasteiger partial charge in [0.1, 0.15) is 22.6 Å². The van der Waals surface area contributed by atoms with Crippen LogP contribution in [-0.2, 0) is 13.0 Å². The van der Waals surface area contributed by atoms with E-state index in [9.17, 15) is 4.39 Å². The van der Waals surface area contributed by atoms with Crippen molar-refractivity contribution in [1.82, 2.24) is 9.97 Å². The smallest absolute Gasteiger partial charge is 0.134 e. The van der Waals surface area contributed by atoms with Gasteiger partial charge in [-0.1, -0.05) is 23.7 Å². The van der Waals surface area contributed by atoms with Crippen molar-refractivity contribution in [2.45, 2.75) is 25.8 Å². The van der Waals surface area contributed by atoms with Crippen LogP contribution in [0.25, 0.3) is 0 Å². The number of hydrogen-bond acceptors (Lipinski definition) is 3. The Balaban J connectivity index is 1.68. The van der Waals surface area contributed by atoms with Gasteiger partial charge in [-0.3, -0.25) is 0 Å². The lowest BCUT2D eigenvalue weighted by molar-refractivity contribution is 0.626. The maximum atomic E-state index is 13.1. The Kier molecular flexibility index (Phi) is 3.83. The monoisotopic (exact) mass is 291 g/mol. The molecule has 0 spiro atoms. The van der Waals surface area contributed by atoms with Crippen LogP contribution in [0.3, 0.4) is 0 Å². The van der Waals surface area contributed by atoms with Gasteiger partial charge in [0.2, 0.25) is 0 Å². The van der Waals surface area contributed by atoms with E-state index in [1.54, 1.807) is 12.1 Å². The first-order valence-electron chi connectivity index (χ1n) is 6.71. The van der Waals surface area contributed by atoms with Gasteiger partial charge in [0.25, 0.3) is 0 Å². The van der Waals surface area contributed by atoms with Gasteiger partial charge in [0.15, 0.2) is 0 Å². The molecule has 0 atom stereocenters. The number of halogens is 2. The van der Waals surface area contributed by atoms with Crippen molar-refractivity contribution < 1.29 is 4.39 Å². The number of benzene rings is 1. The molecule has 20 heavy (non-hydrogen) atoms. The van der Waals surface area contributed by atoms with Crippen LogP contribution < -0.4 is 5.32 Å². The van der Waals surface area contributed by atoms with E-state index in [0.717, 1.165) is 17.8 Å².